The summed E-state index contributed by atoms with van der Waals surface area (Å²) in [5.74, 6) is -1.04. The third-order valence-corrected chi connectivity index (χ3v) is 5.60. The minimum Gasteiger partial charge on any atom is -0.326 e. The number of fused-ring (bicyclic) bond motifs is 1. The van der Waals surface area contributed by atoms with E-state index in [4.69, 9.17) is 0 Å². The number of nitrogens with zero attached hydrogens (tertiary/aromatic N) is 2. The van der Waals surface area contributed by atoms with Crippen LogP contribution >= 0.6 is 0 Å². The second kappa shape index (κ2) is 8.29. The molecule has 0 radical (unpaired) electrons. The second-order valence-corrected chi connectivity index (χ2v) is 8.08. The zero-order chi connectivity index (χ0) is 22.1. The van der Waals surface area contributed by atoms with Crippen LogP contribution < -0.4 is 10.6 Å². The zero-order valence-corrected chi connectivity index (χ0v) is 17.5. The molecule has 1 aromatic carbocycles. The predicted molar refractivity (Wildman–Crippen MR) is 113 cm³/mol. The van der Waals surface area contributed by atoms with Crippen LogP contribution in [0.1, 0.15) is 52.1 Å². The number of piperidine rings is 1. The number of carbonyl (C=O) groups excluding carboxylic acids is 4. The Morgan fingerprint density at radius 2 is 1.90 bits per heavy atom. The fourth-order valence-electron chi connectivity index (χ4n) is 4.15. The number of nitrogens with one attached hydrogen (secondary N) is 2. The largest absolute Gasteiger partial charge is 0.326 e. The van der Waals surface area contributed by atoms with E-state index in [2.05, 4.69) is 15.6 Å². The Balaban J connectivity index is 1.39. The maximum absolute atomic E-state index is 12.9. The summed E-state index contributed by atoms with van der Waals surface area (Å²) < 4.78 is 0. The number of carbonyl (C=O) groups is 4. The first kappa shape index (κ1) is 20.7. The Morgan fingerprint density at radius 1 is 1.16 bits per heavy atom. The molecule has 8 heteroatoms. The van der Waals surface area contributed by atoms with Gasteiger partial charge in [0.25, 0.3) is 5.91 Å². The normalized spacial score (nSPS) is 18.1. The van der Waals surface area contributed by atoms with Crippen LogP contribution in [0.3, 0.4) is 0 Å². The van der Waals surface area contributed by atoms with Crippen LogP contribution in [-0.4, -0.2) is 39.6 Å². The highest BCUT2D eigenvalue weighted by Gasteiger charge is 2.39. The monoisotopic (exact) mass is 420 g/mol. The molecule has 4 amide bonds. The van der Waals surface area contributed by atoms with Gasteiger partial charge in [0.05, 0.1) is 0 Å². The number of pyridine rings is 1. The van der Waals surface area contributed by atoms with Crippen molar-refractivity contribution in [1.29, 1.82) is 0 Å². The zero-order valence-electron chi connectivity index (χ0n) is 17.5. The average Bonchev–Trinajstić information content (AvgIpc) is 3.01. The highest BCUT2D eigenvalue weighted by molar-refractivity contribution is 6.05. The van der Waals surface area contributed by atoms with Gasteiger partial charge in [-0.3, -0.25) is 29.5 Å². The van der Waals surface area contributed by atoms with E-state index in [1.807, 2.05) is 38.1 Å². The molecule has 0 spiro atoms. The smallest absolute Gasteiger partial charge is 0.255 e. The van der Waals surface area contributed by atoms with Crippen LogP contribution in [0.25, 0.3) is 0 Å². The number of hydrogen-bond donors (Lipinski definition) is 2. The highest BCUT2D eigenvalue weighted by Crippen LogP contribution is 2.28. The molecule has 0 bridgehead atoms. The average molecular weight is 420 g/mol. The van der Waals surface area contributed by atoms with E-state index in [-0.39, 0.29) is 30.6 Å². The van der Waals surface area contributed by atoms with Gasteiger partial charge in [0.1, 0.15) is 6.04 Å². The molecule has 2 aromatic rings. The van der Waals surface area contributed by atoms with Crippen molar-refractivity contribution in [3.8, 4) is 0 Å². The molecular weight excluding hydrogens is 396 g/mol. The number of rotatable bonds is 5. The van der Waals surface area contributed by atoms with Crippen molar-refractivity contribution in [2.24, 2.45) is 0 Å². The Morgan fingerprint density at radius 3 is 2.61 bits per heavy atom. The Kier molecular flexibility index (Phi) is 5.54. The molecular formula is C23H24N4O4. The van der Waals surface area contributed by atoms with Gasteiger partial charge in [0.15, 0.2) is 0 Å². The molecule has 4 rings (SSSR count). The van der Waals surface area contributed by atoms with Crippen LogP contribution in [0.15, 0.2) is 30.3 Å². The van der Waals surface area contributed by atoms with Crippen molar-refractivity contribution in [2.45, 2.75) is 52.1 Å². The van der Waals surface area contributed by atoms with E-state index < -0.39 is 11.9 Å². The Hall–Kier alpha value is -3.55. The Bertz CT molecular complexity index is 1070. The van der Waals surface area contributed by atoms with E-state index in [0.29, 0.717) is 24.9 Å². The second-order valence-electron chi connectivity index (χ2n) is 8.08. The SMILES string of the molecule is Cc1cc(NC(=O)CCc2ccc3c(c2)C(=O)N(C2CCC(=O)NC2=O)C3)cc(C)n1. The molecule has 31 heavy (non-hydrogen) atoms. The van der Waals surface area contributed by atoms with Crippen molar-refractivity contribution < 1.29 is 19.2 Å². The molecule has 1 fully saturated rings. The summed E-state index contributed by atoms with van der Waals surface area (Å²) in [4.78, 5) is 54.6. The van der Waals surface area contributed by atoms with Gasteiger partial charge in [0, 0.05) is 42.0 Å². The summed E-state index contributed by atoms with van der Waals surface area (Å²) >= 11 is 0. The lowest BCUT2D eigenvalue weighted by Gasteiger charge is -2.29. The first-order valence-electron chi connectivity index (χ1n) is 10.3. The Labute approximate surface area is 180 Å². The highest BCUT2D eigenvalue weighted by atomic mass is 16.2. The van der Waals surface area contributed by atoms with Gasteiger partial charge in [-0.05, 0) is 56.0 Å². The number of anilines is 1. The third kappa shape index (κ3) is 4.47. The first-order chi connectivity index (χ1) is 14.8. The van der Waals surface area contributed by atoms with Crippen LogP contribution in [0.5, 0.6) is 0 Å². The van der Waals surface area contributed by atoms with Crippen LogP contribution in [0.4, 0.5) is 5.69 Å². The maximum atomic E-state index is 12.9. The third-order valence-electron chi connectivity index (χ3n) is 5.60. The molecule has 1 aromatic heterocycles. The minimum atomic E-state index is -0.626. The summed E-state index contributed by atoms with van der Waals surface area (Å²) in [7, 11) is 0. The van der Waals surface area contributed by atoms with E-state index in [0.717, 1.165) is 28.2 Å². The summed E-state index contributed by atoms with van der Waals surface area (Å²) in [6.07, 6.45) is 1.34. The molecule has 2 aliphatic rings. The van der Waals surface area contributed by atoms with E-state index >= 15 is 0 Å². The van der Waals surface area contributed by atoms with Crippen molar-refractivity contribution in [1.82, 2.24) is 15.2 Å². The number of aromatic nitrogens is 1. The molecule has 160 valence electrons. The standard InChI is InChI=1S/C23H24N4O4/c1-13-9-17(10-14(2)24-13)25-20(28)7-4-15-3-5-16-12-27(23(31)18(16)11-15)19-6-8-21(29)26-22(19)30/h3,5,9-11,19H,4,6-8,12H2,1-2H3,(H,24,25,28)(H,26,29,30). The molecule has 0 aliphatic carbocycles. The van der Waals surface area contributed by atoms with Crippen molar-refractivity contribution in [3.05, 3.63) is 58.4 Å². The van der Waals surface area contributed by atoms with Crippen molar-refractivity contribution in [2.75, 3.05) is 5.32 Å². The number of hydrogen-bond acceptors (Lipinski definition) is 5. The minimum absolute atomic E-state index is 0.109. The lowest BCUT2D eigenvalue weighted by molar-refractivity contribution is -0.137. The van der Waals surface area contributed by atoms with E-state index in [1.165, 1.54) is 4.90 Å². The number of benzene rings is 1. The summed E-state index contributed by atoms with van der Waals surface area (Å²) in [6, 6.07) is 8.61. The van der Waals surface area contributed by atoms with E-state index in [1.54, 1.807) is 6.07 Å². The molecule has 1 unspecified atom stereocenters. The molecule has 2 aliphatic heterocycles. The fourth-order valence-corrected chi connectivity index (χ4v) is 4.15. The van der Waals surface area contributed by atoms with Crippen molar-refractivity contribution in [3.63, 3.8) is 0 Å². The van der Waals surface area contributed by atoms with E-state index in [9.17, 15) is 19.2 Å². The predicted octanol–water partition coefficient (Wildman–Crippen LogP) is 2.03. The number of aryl methyl sites for hydroxylation is 3. The van der Waals surface area contributed by atoms with Gasteiger partial charge in [0.2, 0.25) is 17.7 Å². The summed E-state index contributed by atoms with van der Waals surface area (Å²) in [5, 5.41) is 5.19. The molecule has 2 N–H and O–H groups in total. The van der Waals surface area contributed by atoms with Crippen LogP contribution in [0, 0.1) is 13.8 Å². The molecule has 1 atom stereocenters. The van der Waals surface area contributed by atoms with Gasteiger partial charge < -0.3 is 10.2 Å². The fraction of sp³-hybridized carbons (Fsp3) is 0.348. The number of amides is 4. The van der Waals surface area contributed by atoms with Gasteiger partial charge in [-0.15, -0.1) is 0 Å². The lowest BCUT2D eigenvalue weighted by atomic mass is 10.0. The summed E-state index contributed by atoms with van der Waals surface area (Å²) in [6.45, 7) is 4.10. The quantitative estimate of drug-likeness (QED) is 0.720. The molecule has 1 saturated heterocycles. The molecule has 8 nitrogen and oxygen atoms in total. The first-order valence-corrected chi connectivity index (χ1v) is 10.3. The van der Waals surface area contributed by atoms with Gasteiger partial charge in [-0.1, -0.05) is 12.1 Å². The summed E-state index contributed by atoms with van der Waals surface area (Å²) in [5.41, 5.74) is 4.70. The van der Waals surface area contributed by atoms with Crippen molar-refractivity contribution >= 4 is 29.3 Å². The van der Waals surface area contributed by atoms with Gasteiger partial charge >= 0.3 is 0 Å². The van der Waals surface area contributed by atoms with Crippen LogP contribution in [-0.2, 0) is 27.3 Å². The maximum Gasteiger partial charge on any atom is 0.255 e. The van der Waals surface area contributed by atoms with Crippen LogP contribution in [0.2, 0.25) is 0 Å². The molecule has 0 saturated carbocycles. The van der Waals surface area contributed by atoms with Gasteiger partial charge in [-0.25, -0.2) is 0 Å². The number of imide groups is 1. The molecule has 3 heterocycles. The lowest BCUT2D eigenvalue weighted by Crippen LogP contribution is -2.52. The topological polar surface area (TPSA) is 108 Å². The van der Waals surface area contributed by atoms with Gasteiger partial charge in [-0.2, -0.15) is 0 Å².